The van der Waals surface area contributed by atoms with Crippen molar-refractivity contribution in [2.24, 2.45) is 0 Å². The highest BCUT2D eigenvalue weighted by Gasteiger charge is 2.22. The molecule has 2 aromatic rings. The van der Waals surface area contributed by atoms with Crippen LogP contribution in [0.1, 0.15) is 24.1 Å². The van der Waals surface area contributed by atoms with Gasteiger partial charge in [0.1, 0.15) is 0 Å². The van der Waals surface area contributed by atoms with Crippen molar-refractivity contribution in [2.45, 2.75) is 19.9 Å². The Morgan fingerprint density at radius 1 is 1.19 bits per heavy atom. The number of ether oxygens (including phenoxy) is 1. The van der Waals surface area contributed by atoms with Crippen molar-refractivity contribution in [2.75, 3.05) is 11.9 Å². The molecule has 1 N–H and O–H groups in total. The minimum Gasteiger partial charge on any atom is -0.464 e. The number of hydrogen-bond acceptors (Lipinski definition) is 3. The molecule has 0 radical (unpaired) electrons. The molecule has 0 aromatic heterocycles. The molecule has 2 aromatic carbocycles. The number of nitrogens with one attached hydrogen (secondary N) is 1. The van der Waals surface area contributed by atoms with E-state index in [4.69, 9.17) is 4.74 Å². The number of rotatable bonds is 5. The van der Waals surface area contributed by atoms with Gasteiger partial charge in [0.2, 0.25) is 0 Å². The van der Waals surface area contributed by atoms with Crippen LogP contribution in [0.3, 0.4) is 0 Å². The Hall–Kier alpha value is -1.81. The van der Waals surface area contributed by atoms with E-state index in [2.05, 4.69) is 21.2 Å². The lowest BCUT2D eigenvalue weighted by Gasteiger charge is -2.20. The summed E-state index contributed by atoms with van der Waals surface area (Å²) in [6.07, 6.45) is 0. The Morgan fingerprint density at radius 3 is 2.57 bits per heavy atom. The second-order valence-electron chi connectivity index (χ2n) is 4.68. The fraction of sp³-hybridized carbons (Fsp3) is 0.235. The van der Waals surface area contributed by atoms with E-state index in [-0.39, 0.29) is 5.97 Å². The van der Waals surface area contributed by atoms with Crippen LogP contribution in [0.2, 0.25) is 0 Å². The maximum absolute atomic E-state index is 12.2. The highest BCUT2D eigenvalue weighted by molar-refractivity contribution is 9.10. The van der Waals surface area contributed by atoms with Gasteiger partial charge in [-0.05, 0) is 47.0 Å². The highest BCUT2D eigenvalue weighted by Crippen LogP contribution is 2.29. The fourth-order valence-corrected chi connectivity index (χ4v) is 2.44. The van der Waals surface area contributed by atoms with Crippen molar-refractivity contribution in [1.29, 1.82) is 0 Å². The van der Waals surface area contributed by atoms with Crippen LogP contribution in [0.5, 0.6) is 0 Å². The largest absolute Gasteiger partial charge is 0.464 e. The Balaban J connectivity index is 2.32. The molecular formula is C17H18BrNO2. The van der Waals surface area contributed by atoms with Gasteiger partial charge in [0.15, 0.2) is 6.04 Å². The van der Waals surface area contributed by atoms with Crippen molar-refractivity contribution in [3.63, 3.8) is 0 Å². The van der Waals surface area contributed by atoms with Crippen LogP contribution in [0.25, 0.3) is 0 Å². The number of hydrogen-bond donors (Lipinski definition) is 1. The lowest BCUT2D eigenvalue weighted by molar-refractivity contribution is -0.144. The van der Waals surface area contributed by atoms with Gasteiger partial charge in [-0.15, -0.1) is 0 Å². The van der Waals surface area contributed by atoms with Gasteiger partial charge in [0.25, 0.3) is 0 Å². The first kappa shape index (κ1) is 15.6. The van der Waals surface area contributed by atoms with Gasteiger partial charge < -0.3 is 10.1 Å². The predicted molar refractivity (Wildman–Crippen MR) is 88.3 cm³/mol. The molecule has 0 aliphatic heterocycles. The van der Waals surface area contributed by atoms with Crippen molar-refractivity contribution in [3.05, 3.63) is 64.1 Å². The van der Waals surface area contributed by atoms with Gasteiger partial charge >= 0.3 is 5.97 Å². The number of benzene rings is 2. The smallest absolute Gasteiger partial charge is 0.333 e. The number of anilines is 1. The van der Waals surface area contributed by atoms with Gasteiger partial charge in [-0.2, -0.15) is 0 Å². The monoisotopic (exact) mass is 347 g/mol. The van der Waals surface area contributed by atoms with Gasteiger partial charge in [-0.3, -0.25) is 0 Å². The number of halogens is 1. The standard InChI is InChI=1S/C17H18BrNO2/c1-3-21-17(20)16(13-9-5-4-6-10-13)19-14-11-7-8-12(2)15(14)18/h4-11,16,19H,3H2,1-2H3. The van der Waals surface area contributed by atoms with Crippen LogP contribution in [0.15, 0.2) is 53.0 Å². The predicted octanol–water partition coefficient (Wildman–Crippen LogP) is 4.47. The summed E-state index contributed by atoms with van der Waals surface area (Å²) in [5, 5.41) is 3.27. The topological polar surface area (TPSA) is 38.3 Å². The third-order valence-corrected chi connectivity index (χ3v) is 4.20. The fourth-order valence-electron chi connectivity index (χ4n) is 2.06. The average Bonchev–Trinajstić information content (AvgIpc) is 2.50. The van der Waals surface area contributed by atoms with Crippen LogP contribution in [0.4, 0.5) is 5.69 Å². The first-order valence-corrected chi connectivity index (χ1v) is 7.66. The lowest BCUT2D eigenvalue weighted by atomic mass is 10.1. The molecule has 0 saturated carbocycles. The molecule has 1 atom stereocenters. The molecule has 3 nitrogen and oxygen atoms in total. The molecule has 0 heterocycles. The quantitative estimate of drug-likeness (QED) is 0.810. The molecule has 0 bridgehead atoms. The lowest BCUT2D eigenvalue weighted by Crippen LogP contribution is -2.23. The molecule has 21 heavy (non-hydrogen) atoms. The highest BCUT2D eigenvalue weighted by atomic mass is 79.9. The molecule has 0 fully saturated rings. The normalized spacial score (nSPS) is 11.8. The summed E-state index contributed by atoms with van der Waals surface area (Å²) < 4.78 is 6.14. The van der Waals surface area contributed by atoms with Crippen molar-refractivity contribution < 1.29 is 9.53 Å². The van der Waals surface area contributed by atoms with Crippen LogP contribution in [-0.2, 0) is 9.53 Å². The molecule has 0 saturated heterocycles. The van der Waals surface area contributed by atoms with E-state index in [1.807, 2.05) is 62.4 Å². The zero-order valence-corrected chi connectivity index (χ0v) is 13.7. The molecule has 4 heteroatoms. The first-order chi connectivity index (χ1) is 10.1. The van der Waals surface area contributed by atoms with Crippen LogP contribution in [-0.4, -0.2) is 12.6 Å². The van der Waals surface area contributed by atoms with Crippen molar-refractivity contribution >= 4 is 27.6 Å². The van der Waals surface area contributed by atoms with E-state index in [1.54, 1.807) is 0 Å². The molecule has 110 valence electrons. The van der Waals surface area contributed by atoms with Gasteiger partial charge in [0, 0.05) is 10.2 Å². The Labute approximate surface area is 133 Å². The molecule has 1 unspecified atom stereocenters. The molecule has 2 rings (SSSR count). The Bertz CT molecular complexity index is 613. The summed E-state index contributed by atoms with van der Waals surface area (Å²) in [7, 11) is 0. The number of carbonyl (C=O) groups is 1. The van der Waals surface area contributed by atoms with Crippen LogP contribution < -0.4 is 5.32 Å². The third-order valence-electron chi connectivity index (χ3n) is 3.15. The van der Waals surface area contributed by atoms with E-state index in [0.717, 1.165) is 21.3 Å². The van der Waals surface area contributed by atoms with Crippen molar-refractivity contribution in [1.82, 2.24) is 0 Å². The summed E-state index contributed by atoms with van der Waals surface area (Å²) in [6, 6.07) is 15.0. The van der Waals surface area contributed by atoms with Crippen molar-refractivity contribution in [3.8, 4) is 0 Å². The summed E-state index contributed by atoms with van der Waals surface area (Å²) in [5.41, 5.74) is 2.86. The number of aryl methyl sites for hydroxylation is 1. The second-order valence-corrected chi connectivity index (χ2v) is 5.47. The van der Waals surface area contributed by atoms with Crippen LogP contribution >= 0.6 is 15.9 Å². The van der Waals surface area contributed by atoms with E-state index in [1.165, 1.54) is 0 Å². The first-order valence-electron chi connectivity index (χ1n) is 6.86. The average molecular weight is 348 g/mol. The van der Waals surface area contributed by atoms with E-state index in [0.29, 0.717) is 6.61 Å². The third kappa shape index (κ3) is 3.85. The van der Waals surface area contributed by atoms with Gasteiger partial charge in [-0.25, -0.2) is 4.79 Å². The summed E-state index contributed by atoms with van der Waals surface area (Å²) in [4.78, 5) is 12.2. The molecule has 0 aliphatic rings. The van der Waals surface area contributed by atoms with Crippen LogP contribution in [0, 0.1) is 6.92 Å². The van der Waals surface area contributed by atoms with E-state index < -0.39 is 6.04 Å². The molecule has 0 amide bonds. The van der Waals surface area contributed by atoms with E-state index in [9.17, 15) is 4.79 Å². The molecule has 0 aliphatic carbocycles. The minimum absolute atomic E-state index is 0.280. The summed E-state index contributed by atoms with van der Waals surface area (Å²) in [6.45, 7) is 4.18. The second kappa shape index (κ2) is 7.27. The minimum atomic E-state index is -0.524. The summed E-state index contributed by atoms with van der Waals surface area (Å²) in [5.74, 6) is -0.280. The van der Waals surface area contributed by atoms with Gasteiger partial charge in [-0.1, -0.05) is 42.5 Å². The number of esters is 1. The summed E-state index contributed by atoms with van der Waals surface area (Å²) >= 11 is 3.55. The zero-order valence-electron chi connectivity index (χ0n) is 12.1. The number of carbonyl (C=O) groups excluding carboxylic acids is 1. The van der Waals surface area contributed by atoms with E-state index >= 15 is 0 Å². The maximum atomic E-state index is 12.2. The zero-order chi connectivity index (χ0) is 15.2. The molecule has 0 spiro atoms. The Morgan fingerprint density at radius 2 is 1.90 bits per heavy atom. The molecular weight excluding hydrogens is 330 g/mol. The maximum Gasteiger partial charge on any atom is 0.333 e. The SMILES string of the molecule is CCOC(=O)C(Nc1cccc(C)c1Br)c1ccccc1. The van der Waals surface area contributed by atoms with Gasteiger partial charge in [0.05, 0.1) is 6.61 Å². The Kier molecular flexibility index (Phi) is 5.39.